The molecule has 0 amide bonds. The summed E-state index contributed by atoms with van der Waals surface area (Å²) in [6.45, 7) is 2.00. The molecular formula is C23H17Cl2N3OS. The largest absolute Gasteiger partial charge is 0.330 e. The van der Waals surface area contributed by atoms with E-state index >= 15 is 0 Å². The van der Waals surface area contributed by atoms with E-state index in [1.54, 1.807) is 41.2 Å². The number of benzene rings is 2. The van der Waals surface area contributed by atoms with Gasteiger partial charge in [0.2, 0.25) is 0 Å². The lowest BCUT2D eigenvalue weighted by Crippen LogP contribution is -2.20. The van der Waals surface area contributed by atoms with E-state index in [1.807, 2.05) is 20.0 Å². The van der Waals surface area contributed by atoms with Gasteiger partial charge in [-0.15, -0.1) is 11.3 Å². The van der Waals surface area contributed by atoms with Crippen LogP contribution in [0.4, 0.5) is 0 Å². The predicted octanol–water partition coefficient (Wildman–Crippen LogP) is 6.44. The summed E-state index contributed by atoms with van der Waals surface area (Å²) in [5.74, 6) is 0. The van der Waals surface area contributed by atoms with Gasteiger partial charge in [-0.1, -0.05) is 35.3 Å². The third kappa shape index (κ3) is 2.88. The molecular weight excluding hydrogens is 437 g/mol. The Hall–Kier alpha value is -2.60. The van der Waals surface area contributed by atoms with Gasteiger partial charge in [-0.05, 0) is 37.3 Å². The minimum absolute atomic E-state index is 0.104. The first-order chi connectivity index (χ1) is 14.3. The molecule has 30 heavy (non-hydrogen) atoms. The summed E-state index contributed by atoms with van der Waals surface area (Å²) < 4.78 is 3.73. The van der Waals surface area contributed by atoms with E-state index in [4.69, 9.17) is 23.2 Å². The van der Waals surface area contributed by atoms with Gasteiger partial charge in [0.1, 0.15) is 5.65 Å². The van der Waals surface area contributed by atoms with Crippen LogP contribution < -0.4 is 5.56 Å². The number of pyridine rings is 1. The highest BCUT2D eigenvalue weighted by Gasteiger charge is 2.18. The average molecular weight is 454 g/mol. The van der Waals surface area contributed by atoms with Crippen LogP contribution >= 0.6 is 34.5 Å². The van der Waals surface area contributed by atoms with E-state index in [0.29, 0.717) is 21.2 Å². The summed E-state index contributed by atoms with van der Waals surface area (Å²) in [5, 5.41) is 6.15. The Balaban J connectivity index is 1.85. The Morgan fingerprint density at radius 1 is 0.933 bits per heavy atom. The molecule has 3 aromatic heterocycles. The van der Waals surface area contributed by atoms with E-state index in [1.165, 1.54) is 0 Å². The van der Waals surface area contributed by atoms with Crippen LogP contribution in [0.5, 0.6) is 0 Å². The second-order valence-corrected chi connectivity index (χ2v) is 9.23. The topological polar surface area (TPSA) is 39.8 Å². The molecule has 0 saturated heterocycles. The zero-order valence-electron chi connectivity index (χ0n) is 16.5. The zero-order chi connectivity index (χ0) is 21.2. The lowest BCUT2D eigenvalue weighted by atomic mass is 10.0. The summed E-state index contributed by atoms with van der Waals surface area (Å²) in [4.78, 5) is 17.8. The molecule has 0 radical (unpaired) electrons. The smallest absolute Gasteiger partial charge is 0.259 e. The van der Waals surface area contributed by atoms with E-state index in [9.17, 15) is 4.79 Å². The van der Waals surface area contributed by atoms with Crippen LogP contribution in [0.1, 0.15) is 5.01 Å². The highest BCUT2D eigenvalue weighted by molar-refractivity contribution is 7.09. The average Bonchev–Trinajstić information content (AvgIpc) is 3.26. The second-order valence-electron chi connectivity index (χ2n) is 7.33. The standard InChI is InChI=1S/C23H17Cl2N3OS/c1-12-26-20(11-30-12)13-4-7-21-16(8-13)17-10-18(15-6-5-14(24)9-19(15)25)23(29)28(3)22(17)27(21)2/h4-11H,1-3H3. The molecule has 150 valence electrons. The van der Waals surface area contributed by atoms with Crippen molar-refractivity contribution in [2.24, 2.45) is 14.1 Å². The van der Waals surface area contributed by atoms with Crippen LogP contribution in [-0.4, -0.2) is 14.1 Å². The number of hydrogen-bond acceptors (Lipinski definition) is 3. The zero-order valence-corrected chi connectivity index (χ0v) is 18.9. The van der Waals surface area contributed by atoms with Crippen molar-refractivity contribution in [3.05, 3.63) is 73.3 Å². The van der Waals surface area contributed by atoms with Crippen molar-refractivity contribution in [2.45, 2.75) is 6.92 Å². The highest BCUT2D eigenvalue weighted by Crippen LogP contribution is 2.35. The maximum atomic E-state index is 13.2. The van der Waals surface area contributed by atoms with Crippen LogP contribution in [0.25, 0.3) is 44.3 Å². The number of aromatic nitrogens is 3. The van der Waals surface area contributed by atoms with Crippen LogP contribution in [0.3, 0.4) is 0 Å². The number of nitrogens with zero attached hydrogens (tertiary/aromatic N) is 3. The predicted molar refractivity (Wildman–Crippen MR) is 127 cm³/mol. The molecule has 0 spiro atoms. The van der Waals surface area contributed by atoms with Crippen molar-refractivity contribution in [2.75, 3.05) is 0 Å². The van der Waals surface area contributed by atoms with Crippen molar-refractivity contribution in [3.63, 3.8) is 0 Å². The summed E-state index contributed by atoms with van der Waals surface area (Å²) in [6, 6.07) is 13.4. The van der Waals surface area contributed by atoms with Gasteiger partial charge in [0.15, 0.2) is 0 Å². The lowest BCUT2D eigenvalue weighted by Gasteiger charge is -2.09. The number of fused-ring (bicyclic) bond motifs is 3. The monoisotopic (exact) mass is 453 g/mol. The van der Waals surface area contributed by atoms with Gasteiger partial charge in [-0.3, -0.25) is 9.36 Å². The highest BCUT2D eigenvalue weighted by atomic mass is 35.5. The fourth-order valence-corrected chi connectivity index (χ4v) is 5.18. The number of rotatable bonds is 2. The first kappa shape index (κ1) is 19.4. The van der Waals surface area contributed by atoms with Gasteiger partial charge >= 0.3 is 0 Å². The van der Waals surface area contributed by atoms with Gasteiger partial charge in [0.05, 0.1) is 21.2 Å². The first-order valence-corrected chi connectivity index (χ1v) is 11.0. The van der Waals surface area contributed by atoms with Crippen molar-refractivity contribution < 1.29 is 0 Å². The Kier molecular flexibility index (Phi) is 4.51. The van der Waals surface area contributed by atoms with Crippen molar-refractivity contribution in [3.8, 4) is 22.4 Å². The molecule has 5 rings (SSSR count). The number of aryl methyl sites for hydroxylation is 3. The summed E-state index contributed by atoms with van der Waals surface area (Å²) in [5.41, 5.74) is 5.04. The fraction of sp³-hybridized carbons (Fsp3) is 0.130. The first-order valence-electron chi connectivity index (χ1n) is 9.35. The Morgan fingerprint density at radius 3 is 2.43 bits per heavy atom. The molecule has 0 aliphatic carbocycles. The molecule has 0 atom stereocenters. The van der Waals surface area contributed by atoms with Crippen LogP contribution in [0.2, 0.25) is 10.0 Å². The maximum absolute atomic E-state index is 13.2. The fourth-order valence-electron chi connectivity index (χ4n) is 4.05. The van der Waals surface area contributed by atoms with Gasteiger partial charge < -0.3 is 4.57 Å². The molecule has 0 aliphatic rings. The van der Waals surface area contributed by atoms with Gasteiger partial charge in [0.25, 0.3) is 5.56 Å². The molecule has 2 aromatic carbocycles. The molecule has 7 heteroatoms. The van der Waals surface area contributed by atoms with Crippen LogP contribution in [-0.2, 0) is 14.1 Å². The molecule has 4 nitrogen and oxygen atoms in total. The van der Waals surface area contributed by atoms with Crippen molar-refractivity contribution >= 4 is 56.5 Å². The van der Waals surface area contributed by atoms with E-state index < -0.39 is 0 Å². The Labute approximate surface area is 186 Å². The minimum Gasteiger partial charge on any atom is -0.330 e. The van der Waals surface area contributed by atoms with Gasteiger partial charge in [-0.2, -0.15) is 0 Å². The van der Waals surface area contributed by atoms with E-state index in [2.05, 4.69) is 33.1 Å². The SMILES string of the molecule is Cc1nc(-c2ccc3c(c2)c2cc(-c4ccc(Cl)cc4Cl)c(=O)n(C)c2n3C)cs1. The Bertz CT molecular complexity index is 1530. The molecule has 0 bridgehead atoms. The third-order valence-electron chi connectivity index (χ3n) is 5.48. The molecule has 3 heterocycles. The molecule has 0 unspecified atom stereocenters. The molecule has 0 N–H and O–H groups in total. The van der Waals surface area contributed by atoms with Crippen molar-refractivity contribution in [1.29, 1.82) is 0 Å². The summed E-state index contributed by atoms with van der Waals surface area (Å²) >= 11 is 14.1. The van der Waals surface area contributed by atoms with E-state index in [0.717, 1.165) is 38.2 Å². The van der Waals surface area contributed by atoms with Crippen LogP contribution in [0.15, 0.2) is 52.6 Å². The Morgan fingerprint density at radius 2 is 1.73 bits per heavy atom. The minimum atomic E-state index is -0.104. The third-order valence-corrected chi connectivity index (χ3v) is 6.81. The molecule has 5 aromatic rings. The maximum Gasteiger partial charge on any atom is 0.259 e. The molecule has 0 aliphatic heterocycles. The van der Waals surface area contributed by atoms with E-state index in [-0.39, 0.29) is 5.56 Å². The van der Waals surface area contributed by atoms with Crippen LogP contribution in [0, 0.1) is 6.92 Å². The second kappa shape index (κ2) is 6.98. The molecule has 0 fully saturated rings. The summed E-state index contributed by atoms with van der Waals surface area (Å²) in [6.07, 6.45) is 0. The molecule has 0 saturated carbocycles. The van der Waals surface area contributed by atoms with Crippen molar-refractivity contribution in [1.82, 2.24) is 14.1 Å². The van der Waals surface area contributed by atoms with Gasteiger partial charge in [-0.25, -0.2) is 4.98 Å². The number of halogens is 2. The quantitative estimate of drug-likeness (QED) is 0.308. The summed E-state index contributed by atoms with van der Waals surface area (Å²) in [7, 11) is 3.77. The van der Waals surface area contributed by atoms with Gasteiger partial charge in [0, 0.05) is 52.0 Å². The lowest BCUT2D eigenvalue weighted by molar-refractivity contribution is 0.846. The number of thiazole rings is 1. The number of hydrogen-bond donors (Lipinski definition) is 0. The normalized spacial score (nSPS) is 11.6.